The first-order chi connectivity index (χ1) is 4.09. The quantitative estimate of drug-likeness (QED) is 0.677. The summed E-state index contributed by atoms with van der Waals surface area (Å²) >= 11 is 0. The molecule has 0 rings (SSSR count). The maximum atomic E-state index is 10.3. The monoisotopic (exact) mass is 167 g/mol. The van der Waals surface area contributed by atoms with Gasteiger partial charge in [0.05, 0.1) is 0 Å². The molecule has 0 aliphatic heterocycles. The van der Waals surface area contributed by atoms with Gasteiger partial charge in [-0.3, -0.25) is 9.69 Å². The Balaban J connectivity index is 0. The highest BCUT2D eigenvalue weighted by atomic mass is 35.5. The van der Waals surface area contributed by atoms with E-state index in [0.717, 1.165) is 6.54 Å². The maximum absolute atomic E-state index is 10.3. The van der Waals surface area contributed by atoms with Crippen molar-refractivity contribution in [2.24, 2.45) is 0 Å². The molecule has 0 amide bonds. The summed E-state index contributed by atoms with van der Waals surface area (Å²) in [5, 5.41) is 8.44. The molecule has 1 atom stereocenters. The van der Waals surface area contributed by atoms with Crippen molar-refractivity contribution < 1.29 is 9.90 Å². The summed E-state index contributed by atoms with van der Waals surface area (Å²) in [6.45, 7) is 4.37. The normalized spacial score (nSPS) is 12.4. The van der Waals surface area contributed by atoms with Crippen LogP contribution in [0.4, 0.5) is 0 Å². The Morgan fingerprint density at radius 2 is 2.10 bits per heavy atom. The van der Waals surface area contributed by atoms with Gasteiger partial charge in [0.25, 0.3) is 0 Å². The Bertz CT molecular complexity index is 108. The lowest BCUT2D eigenvalue weighted by atomic mass is 10.3. The van der Waals surface area contributed by atoms with Crippen LogP contribution < -0.4 is 0 Å². The molecular formula is C6H14ClNO2. The van der Waals surface area contributed by atoms with Crippen molar-refractivity contribution in [3.05, 3.63) is 0 Å². The number of carboxylic acid groups (broad SMARTS) is 1. The number of hydrogen-bond donors (Lipinski definition) is 1. The molecule has 0 aromatic heterocycles. The van der Waals surface area contributed by atoms with E-state index in [-0.39, 0.29) is 18.4 Å². The summed E-state index contributed by atoms with van der Waals surface area (Å²) in [4.78, 5) is 12.0. The third-order valence-electron chi connectivity index (χ3n) is 1.52. The van der Waals surface area contributed by atoms with Crippen molar-refractivity contribution >= 4 is 18.4 Å². The van der Waals surface area contributed by atoms with Gasteiger partial charge in [-0.15, -0.1) is 12.4 Å². The van der Waals surface area contributed by atoms with Gasteiger partial charge in [-0.2, -0.15) is 0 Å². The van der Waals surface area contributed by atoms with Crippen LogP contribution >= 0.6 is 12.4 Å². The lowest BCUT2D eigenvalue weighted by Gasteiger charge is -2.17. The van der Waals surface area contributed by atoms with E-state index in [4.69, 9.17) is 5.11 Å². The van der Waals surface area contributed by atoms with E-state index in [9.17, 15) is 4.79 Å². The van der Waals surface area contributed by atoms with Gasteiger partial charge >= 0.3 is 5.97 Å². The predicted molar refractivity (Wildman–Crippen MR) is 42.6 cm³/mol. The smallest absolute Gasteiger partial charge is 0.320 e. The molecule has 0 saturated heterocycles. The van der Waals surface area contributed by atoms with Gasteiger partial charge in [0.1, 0.15) is 6.04 Å². The van der Waals surface area contributed by atoms with E-state index >= 15 is 0 Å². The van der Waals surface area contributed by atoms with Gasteiger partial charge in [-0.1, -0.05) is 6.92 Å². The second-order valence-corrected chi connectivity index (χ2v) is 2.09. The Kier molecular flexibility index (Phi) is 6.82. The van der Waals surface area contributed by atoms with E-state index in [1.807, 2.05) is 6.92 Å². The Hall–Kier alpha value is -0.280. The molecule has 4 heteroatoms. The van der Waals surface area contributed by atoms with Gasteiger partial charge in [-0.25, -0.2) is 0 Å². The number of rotatable bonds is 3. The van der Waals surface area contributed by atoms with Crippen molar-refractivity contribution in [1.82, 2.24) is 4.90 Å². The molecular weight excluding hydrogens is 154 g/mol. The summed E-state index contributed by atoms with van der Waals surface area (Å²) in [7, 11) is 1.79. The zero-order chi connectivity index (χ0) is 7.44. The molecule has 0 spiro atoms. The van der Waals surface area contributed by atoms with Crippen molar-refractivity contribution in [2.75, 3.05) is 13.6 Å². The van der Waals surface area contributed by atoms with Gasteiger partial charge < -0.3 is 5.11 Å². The van der Waals surface area contributed by atoms with E-state index in [1.54, 1.807) is 18.9 Å². The number of likely N-dealkylation sites (N-methyl/N-ethyl adjacent to an activating group) is 1. The molecule has 0 aromatic carbocycles. The van der Waals surface area contributed by atoms with Crippen LogP contribution in [0.25, 0.3) is 0 Å². The molecule has 0 heterocycles. The molecule has 0 radical (unpaired) electrons. The minimum atomic E-state index is -0.764. The van der Waals surface area contributed by atoms with Crippen molar-refractivity contribution in [2.45, 2.75) is 19.9 Å². The molecule has 0 unspecified atom stereocenters. The number of nitrogens with zero attached hydrogens (tertiary/aromatic N) is 1. The first-order valence-corrected chi connectivity index (χ1v) is 3.02. The SMILES string of the molecule is CCN(C)[C@H](C)C(=O)O.Cl. The minimum absolute atomic E-state index is 0. The molecule has 0 fully saturated rings. The second-order valence-electron chi connectivity index (χ2n) is 2.09. The summed E-state index contributed by atoms with van der Waals surface area (Å²) in [5.41, 5.74) is 0. The zero-order valence-electron chi connectivity index (χ0n) is 6.50. The number of carboxylic acids is 1. The molecule has 1 N–H and O–H groups in total. The van der Waals surface area contributed by atoms with Crippen LogP contribution in [-0.4, -0.2) is 35.6 Å². The first kappa shape index (κ1) is 12.4. The van der Waals surface area contributed by atoms with Gasteiger partial charge in [-0.05, 0) is 20.5 Å². The second kappa shape index (κ2) is 5.50. The predicted octanol–water partition coefficient (Wildman–Crippen LogP) is 0.833. The zero-order valence-corrected chi connectivity index (χ0v) is 7.31. The van der Waals surface area contributed by atoms with Crippen LogP contribution in [0, 0.1) is 0 Å². The van der Waals surface area contributed by atoms with E-state index < -0.39 is 5.97 Å². The molecule has 0 aliphatic carbocycles. The lowest BCUT2D eigenvalue weighted by molar-refractivity contribution is -0.142. The maximum Gasteiger partial charge on any atom is 0.320 e. The average Bonchev–Trinajstić information content (AvgIpc) is 1.84. The minimum Gasteiger partial charge on any atom is -0.480 e. The third-order valence-corrected chi connectivity index (χ3v) is 1.52. The number of aliphatic carboxylic acids is 1. The van der Waals surface area contributed by atoms with E-state index in [0.29, 0.717) is 0 Å². The van der Waals surface area contributed by atoms with Crippen LogP contribution in [0.2, 0.25) is 0 Å². The Morgan fingerprint density at radius 3 is 2.20 bits per heavy atom. The summed E-state index contributed by atoms with van der Waals surface area (Å²) in [5.74, 6) is -0.764. The molecule has 62 valence electrons. The Labute approximate surface area is 67.4 Å². The molecule has 10 heavy (non-hydrogen) atoms. The number of hydrogen-bond acceptors (Lipinski definition) is 2. The van der Waals surface area contributed by atoms with Gasteiger partial charge in [0, 0.05) is 0 Å². The van der Waals surface area contributed by atoms with Crippen molar-refractivity contribution in [3.8, 4) is 0 Å². The molecule has 3 nitrogen and oxygen atoms in total. The fourth-order valence-corrected chi connectivity index (χ4v) is 0.462. The summed E-state index contributed by atoms with van der Waals surface area (Å²) < 4.78 is 0. The standard InChI is InChI=1S/C6H13NO2.ClH/c1-4-7(3)5(2)6(8)9;/h5H,4H2,1-3H3,(H,8,9);1H/t5-;/m1./s1. The highest BCUT2D eigenvalue weighted by Crippen LogP contribution is 1.92. The van der Waals surface area contributed by atoms with Crippen LogP contribution in [0.5, 0.6) is 0 Å². The summed E-state index contributed by atoms with van der Waals surface area (Å²) in [6.07, 6.45) is 0. The first-order valence-electron chi connectivity index (χ1n) is 3.02. The van der Waals surface area contributed by atoms with Crippen molar-refractivity contribution in [1.29, 1.82) is 0 Å². The number of halogens is 1. The fraction of sp³-hybridized carbons (Fsp3) is 0.833. The van der Waals surface area contributed by atoms with Crippen molar-refractivity contribution in [3.63, 3.8) is 0 Å². The van der Waals surface area contributed by atoms with Gasteiger partial charge in [0.15, 0.2) is 0 Å². The highest BCUT2D eigenvalue weighted by Gasteiger charge is 2.13. The molecule has 0 aliphatic rings. The third kappa shape index (κ3) is 3.69. The van der Waals surface area contributed by atoms with Crippen LogP contribution in [0.1, 0.15) is 13.8 Å². The molecule has 0 bridgehead atoms. The topological polar surface area (TPSA) is 40.5 Å². The van der Waals surface area contributed by atoms with Crippen LogP contribution in [0.15, 0.2) is 0 Å². The average molecular weight is 168 g/mol. The number of carbonyl (C=O) groups is 1. The fourth-order valence-electron chi connectivity index (χ4n) is 0.462. The van der Waals surface area contributed by atoms with E-state index in [1.165, 1.54) is 0 Å². The van der Waals surface area contributed by atoms with Gasteiger partial charge in [0.2, 0.25) is 0 Å². The highest BCUT2D eigenvalue weighted by molar-refractivity contribution is 5.85. The largest absolute Gasteiger partial charge is 0.480 e. The lowest BCUT2D eigenvalue weighted by Crippen LogP contribution is -2.35. The van der Waals surface area contributed by atoms with Crippen LogP contribution in [-0.2, 0) is 4.79 Å². The molecule has 0 aromatic rings. The summed E-state index contributed by atoms with van der Waals surface area (Å²) in [6, 6.07) is -0.366. The van der Waals surface area contributed by atoms with Crippen LogP contribution in [0.3, 0.4) is 0 Å². The van der Waals surface area contributed by atoms with E-state index in [2.05, 4.69) is 0 Å². The molecule has 0 saturated carbocycles. The Morgan fingerprint density at radius 1 is 1.70 bits per heavy atom.